The number of hydrogen-bond donors (Lipinski definition) is 2. The quantitative estimate of drug-likeness (QED) is 0.826. The van der Waals surface area contributed by atoms with E-state index in [9.17, 15) is 19.2 Å². The highest BCUT2D eigenvalue weighted by Gasteiger charge is 2.20. The number of carbonyl (C=O) groups is 4. The number of amides is 4. The summed E-state index contributed by atoms with van der Waals surface area (Å²) in [5.74, 6) is -1.53. The molecule has 4 amide bonds. The molecule has 0 saturated heterocycles. The Bertz CT molecular complexity index is 805. The van der Waals surface area contributed by atoms with Crippen molar-refractivity contribution in [2.75, 3.05) is 17.7 Å². The predicted octanol–water partition coefficient (Wildman–Crippen LogP) is 2.52. The van der Waals surface area contributed by atoms with Crippen LogP contribution in [0.3, 0.4) is 0 Å². The Labute approximate surface area is 151 Å². The highest BCUT2D eigenvalue weighted by molar-refractivity contribution is 6.11. The van der Waals surface area contributed by atoms with Crippen molar-refractivity contribution >= 4 is 35.0 Å². The minimum Gasteiger partial charge on any atom is -0.326 e. The Kier molecular flexibility index (Phi) is 5.85. The molecule has 2 N–H and O–H groups in total. The number of rotatable bonds is 4. The van der Waals surface area contributed by atoms with E-state index in [0.29, 0.717) is 11.4 Å². The first-order chi connectivity index (χ1) is 12.3. The summed E-state index contributed by atoms with van der Waals surface area (Å²) in [6, 6.07) is 12.7. The van der Waals surface area contributed by atoms with E-state index in [2.05, 4.69) is 10.6 Å². The zero-order valence-electron chi connectivity index (χ0n) is 14.7. The highest BCUT2D eigenvalue weighted by Crippen LogP contribution is 2.16. The minimum atomic E-state index is -0.507. The molecule has 0 aliphatic heterocycles. The summed E-state index contributed by atoms with van der Waals surface area (Å²) in [6.45, 7) is 2.73. The van der Waals surface area contributed by atoms with Crippen LogP contribution >= 0.6 is 0 Å². The van der Waals surface area contributed by atoms with Crippen molar-refractivity contribution < 1.29 is 19.2 Å². The van der Waals surface area contributed by atoms with Crippen molar-refractivity contribution in [1.29, 1.82) is 0 Å². The standard InChI is InChI=1S/C19H19N3O4/c1-12(23)20-16-8-4-6-14(10-16)18(25)22(3)19(26)15-7-5-9-17(11-15)21-13(2)24/h4-11H,1-3H3,(H,20,23)(H,21,24). The van der Waals surface area contributed by atoms with Gasteiger partial charge >= 0.3 is 0 Å². The summed E-state index contributed by atoms with van der Waals surface area (Å²) in [7, 11) is 1.38. The topological polar surface area (TPSA) is 95.6 Å². The van der Waals surface area contributed by atoms with Crippen LogP contribution in [0.15, 0.2) is 48.5 Å². The van der Waals surface area contributed by atoms with E-state index >= 15 is 0 Å². The molecule has 2 aromatic carbocycles. The SMILES string of the molecule is CC(=O)Nc1cccc(C(=O)N(C)C(=O)c2cccc(NC(C)=O)c2)c1. The molecule has 0 saturated carbocycles. The maximum absolute atomic E-state index is 12.6. The maximum atomic E-state index is 12.6. The first kappa shape index (κ1) is 18.9. The summed E-state index contributed by atoms with van der Waals surface area (Å²) in [5, 5.41) is 5.18. The Morgan fingerprint density at radius 1 is 0.731 bits per heavy atom. The summed E-state index contributed by atoms with van der Waals surface area (Å²) < 4.78 is 0. The molecule has 0 fully saturated rings. The van der Waals surface area contributed by atoms with Gasteiger partial charge in [0.15, 0.2) is 0 Å². The van der Waals surface area contributed by atoms with Gasteiger partial charge in [0, 0.05) is 43.4 Å². The Morgan fingerprint density at radius 2 is 1.12 bits per heavy atom. The summed E-state index contributed by atoms with van der Waals surface area (Å²) in [5.41, 5.74) is 1.48. The molecule has 0 bridgehead atoms. The van der Waals surface area contributed by atoms with Gasteiger partial charge in [-0.25, -0.2) is 0 Å². The van der Waals surface area contributed by atoms with Crippen LogP contribution in [0, 0.1) is 0 Å². The number of benzene rings is 2. The van der Waals surface area contributed by atoms with Gasteiger partial charge in [-0.3, -0.25) is 24.1 Å². The van der Waals surface area contributed by atoms with Gasteiger partial charge in [-0.1, -0.05) is 12.1 Å². The van der Waals surface area contributed by atoms with Crippen LogP contribution in [-0.4, -0.2) is 35.6 Å². The zero-order valence-corrected chi connectivity index (χ0v) is 14.7. The van der Waals surface area contributed by atoms with Crippen LogP contribution in [0.5, 0.6) is 0 Å². The molecule has 134 valence electrons. The average Bonchev–Trinajstić information content (AvgIpc) is 2.59. The van der Waals surface area contributed by atoms with E-state index < -0.39 is 11.8 Å². The van der Waals surface area contributed by atoms with Crippen molar-refractivity contribution in [1.82, 2.24) is 4.90 Å². The monoisotopic (exact) mass is 353 g/mol. The molecule has 0 aliphatic carbocycles. The van der Waals surface area contributed by atoms with E-state index in [4.69, 9.17) is 0 Å². The van der Waals surface area contributed by atoms with Crippen LogP contribution in [0.1, 0.15) is 34.6 Å². The van der Waals surface area contributed by atoms with Crippen molar-refractivity contribution in [2.24, 2.45) is 0 Å². The largest absolute Gasteiger partial charge is 0.326 e. The Balaban J connectivity index is 2.21. The first-order valence-corrected chi connectivity index (χ1v) is 7.85. The molecular weight excluding hydrogens is 334 g/mol. The van der Waals surface area contributed by atoms with Crippen LogP contribution in [-0.2, 0) is 9.59 Å². The van der Waals surface area contributed by atoms with E-state index in [1.807, 2.05) is 0 Å². The third kappa shape index (κ3) is 4.76. The maximum Gasteiger partial charge on any atom is 0.260 e. The lowest BCUT2D eigenvalue weighted by atomic mass is 10.1. The van der Waals surface area contributed by atoms with Crippen molar-refractivity contribution in [3.8, 4) is 0 Å². The molecule has 7 heteroatoms. The van der Waals surface area contributed by atoms with Crippen molar-refractivity contribution in [2.45, 2.75) is 13.8 Å². The minimum absolute atomic E-state index is 0.256. The molecule has 2 rings (SSSR count). The van der Waals surface area contributed by atoms with E-state index in [1.54, 1.807) is 36.4 Å². The van der Waals surface area contributed by atoms with Gasteiger partial charge in [-0.2, -0.15) is 0 Å². The number of nitrogens with zero attached hydrogens (tertiary/aromatic N) is 1. The van der Waals surface area contributed by atoms with Gasteiger partial charge < -0.3 is 10.6 Å². The van der Waals surface area contributed by atoms with Gasteiger partial charge in [0.05, 0.1) is 0 Å². The number of nitrogens with one attached hydrogen (secondary N) is 2. The summed E-state index contributed by atoms with van der Waals surface area (Å²) in [4.78, 5) is 48.4. The molecule has 0 radical (unpaired) electrons. The van der Waals surface area contributed by atoms with E-state index in [0.717, 1.165) is 4.90 Å². The molecule has 0 aliphatic rings. The van der Waals surface area contributed by atoms with Crippen LogP contribution in [0.25, 0.3) is 0 Å². The first-order valence-electron chi connectivity index (χ1n) is 7.85. The number of carbonyl (C=O) groups excluding carboxylic acids is 4. The van der Waals surface area contributed by atoms with Crippen LogP contribution in [0.2, 0.25) is 0 Å². The lowest BCUT2D eigenvalue weighted by Crippen LogP contribution is -2.33. The molecule has 0 heterocycles. The Hall–Kier alpha value is -3.48. The molecule has 0 atom stereocenters. The molecule has 2 aromatic rings. The smallest absolute Gasteiger partial charge is 0.260 e. The summed E-state index contributed by atoms with van der Waals surface area (Å²) >= 11 is 0. The fourth-order valence-corrected chi connectivity index (χ4v) is 2.35. The van der Waals surface area contributed by atoms with Gasteiger partial charge in [0.2, 0.25) is 11.8 Å². The highest BCUT2D eigenvalue weighted by atomic mass is 16.2. The van der Waals surface area contributed by atoms with Gasteiger partial charge in [0.1, 0.15) is 0 Å². The lowest BCUT2D eigenvalue weighted by Gasteiger charge is -2.16. The second kappa shape index (κ2) is 8.06. The second-order valence-corrected chi connectivity index (χ2v) is 5.69. The molecule has 7 nitrogen and oxygen atoms in total. The predicted molar refractivity (Wildman–Crippen MR) is 97.9 cm³/mol. The zero-order chi connectivity index (χ0) is 19.3. The van der Waals surface area contributed by atoms with Crippen LogP contribution < -0.4 is 10.6 Å². The molecule has 0 unspecified atom stereocenters. The normalized spacial score (nSPS) is 9.96. The fraction of sp³-hybridized carbons (Fsp3) is 0.158. The number of hydrogen-bond acceptors (Lipinski definition) is 4. The van der Waals surface area contributed by atoms with Crippen molar-refractivity contribution in [3.05, 3.63) is 59.7 Å². The fourth-order valence-electron chi connectivity index (χ4n) is 2.35. The summed E-state index contributed by atoms with van der Waals surface area (Å²) in [6.07, 6.45) is 0. The van der Waals surface area contributed by atoms with Gasteiger partial charge in [-0.15, -0.1) is 0 Å². The molecular formula is C19H19N3O4. The molecule has 26 heavy (non-hydrogen) atoms. The Morgan fingerprint density at radius 3 is 1.46 bits per heavy atom. The van der Waals surface area contributed by atoms with Crippen molar-refractivity contribution in [3.63, 3.8) is 0 Å². The van der Waals surface area contributed by atoms with E-state index in [-0.39, 0.29) is 22.9 Å². The molecule has 0 spiro atoms. The molecule has 0 aromatic heterocycles. The third-order valence-corrected chi connectivity index (χ3v) is 3.47. The van der Waals surface area contributed by atoms with Crippen LogP contribution in [0.4, 0.5) is 11.4 Å². The number of imide groups is 1. The van der Waals surface area contributed by atoms with Gasteiger partial charge in [0.25, 0.3) is 11.8 Å². The second-order valence-electron chi connectivity index (χ2n) is 5.69. The van der Waals surface area contributed by atoms with E-state index in [1.165, 1.54) is 33.0 Å². The number of anilines is 2. The third-order valence-electron chi connectivity index (χ3n) is 3.47. The average molecular weight is 353 g/mol. The van der Waals surface area contributed by atoms with Gasteiger partial charge in [-0.05, 0) is 36.4 Å². The lowest BCUT2D eigenvalue weighted by molar-refractivity contribution is -0.115.